The molecule has 1 aliphatic rings. The Kier molecular flexibility index (Phi) is 5.39. The summed E-state index contributed by atoms with van der Waals surface area (Å²) in [7, 11) is 0. The number of ketones is 2. The highest BCUT2D eigenvalue weighted by molar-refractivity contribution is 7.99. The molecular formula is C29H23NO2S. The number of fused-ring (bicyclic) bond motifs is 2. The lowest BCUT2D eigenvalue weighted by Gasteiger charge is -2.23. The van der Waals surface area contributed by atoms with Gasteiger partial charge in [-0.05, 0) is 56.2 Å². The van der Waals surface area contributed by atoms with Crippen LogP contribution in [0, 0.1) is 20.8 Å². The quantitative estimate of drug-likeness (QED) is 0.313. The zero-order valence-corrected chi connectivity index (χ0v) is 19.5. The molecular weight excluding hydrogens is 426 g/mol. The van der Waals surface area contributed by atoms with E-state index >= 15 is 0 Å². The van der Waals surface area contributed by atoms with E-state index in [1.807, 2.05) is 54.6 Å². The predicted molar refractivity (Wildman–Crippen MR) is 134 cm³/mol. The van der Waals surface area contributed by atoms with Crippen LogP contribution in [-0.2, 0) is 0 Å². The highest BCUT2D eigenvalue weighted by Gasteiger charge is 2.33. The Morgan fingerprint density at radius 2 is 1.30 bits per heavy atom. The third kappa shape index (κ3) is 3.77. The van der Waals surface area contributed by atoms with E-state index < -0.39 is 0 Å². The van der Waals surface area contributed by atoms with Crippen LogP contribution < -0.4 is 5.32 Å². The lowest BCUT2D eigenvalue weighted by Crippen LogP contribution is -2.23. The van der Waals surface area contributed by atoms with E-state index in [-0.39, 0.29) is 11.6 Å². The lowest BCUT2D eigenvalue weighted by atomic mass is 9.83. The molecule has 4 aromatic rings. The van der Waals surface area contributed by atoms with Crippen LogP contribution in [0.3, 0.4) is 0 Å². The van der Waals surface area contributed by atoms with Gasteiger partial charge < -0.3 is 5.32 Å². The van der Waals surface area contributed by atoms with E-state index in [2.05, 4.69) is 38.2 Å². The van der Waals surface area contributed by atoms with Crippen molar-refractivity contribution < 1.29 is 9.59 Å². The Hall–Kier alpha value is -3.63. The molecule has 0 spiro atoms. The highest BCUT2D eigenvalue weighted by atomic mass is 32.2. The molecule has 4 aromatic carbocycles. The van der Waals surface area contributed by atoms with Crippen molar-refractivity contribution in [2.24, 2.45) is 0 Å². The van der Waals surface area contributed by atoms with Crippen LogP contribution in [0.2, 0.25) is 0 Å². The van der Waals surface area contributed by atoms with Crippen molar-refractivity contribution in [3.63, 3.8) is 0 Å². The second-order valence-electron chi connectivity index (χ2n) is 8.38. The Morgan fingerprint density at radius 3 is 2.00 bits per heavy atom. The van der Waals surface area contributed by atoms with Gasteiger partial charge >= 0.3 is 0 Å². The van der Waals surface area contributed by atoms with Gasteiger partial charge in [-0.1, -0.05) is 71.9 Å². The summed E-state index contributed by atoms with van der Waals surface area (Å²) < 4.78 is 0. The van der Waals surface area contributed by atoms with Gasteiger partial charge in [0.2, 0.25) is 0 Å². The molecule has 1 aliphatic carbocycles. The molecule has 0 saturated heterocycles. The first-order chi connectivity index (χ1) is 15.9. The smallest absolute Gasteiger partial charge is 0.197 e. The van der Waals surface area contributed by atoms with E-state index in [1.165, 1.54) is 17.3 Å². The molecule has 0 atom stereocenters. The van der Waals surface area contributed by atoms with Gasteiger partial charge in [0.15, 0.2) is 11.6 Å². The second-order valence-corrected chi connectivity index (χ2v) is 9.49. The Balaban J connectivity index is 1.63. The summed E-state index contributed by atoms with van der Waals surface area (Å²) in [5.74, 6) is -0.236. The number of carbonyl (C=O) groups is 2. The maximum absolute atomic E-state index is 13.9. The molecule has 0 radical (unpaired) electrons. The van der Waals surface area contributed by atoms with Gasteiger partial charge in [0, 0.05) is 32.2 Å². The normalized spacial score (nSPS) is 12.3. The molecule has 0 aliphatic heterocycles. The van der Waals surface area contributed by atoms with Crippen LogP contribution in [0.4, 0.5) is 11.4 Å². The number of hydrogen-bond donors (Lipinski definition) is 1. The first-order valence-corrected chi connectivity index (χ1v) is 11.7. The number of benzene rings is 4. The van der Waals surface area contributed by atoms with Crippen LogP contribution in [-0.4, -0.2) is 11.6 Å². The summed E-state index contributed by atoms with van der Waals surface area (Å²) >= 11 is 1.51. The monoisotopic (exact) mass is 449 g/mol. The van der Waals surface area contributed by atoms with Crippen molar-refractivity contribution >= 4 is 34.7 Å². The summed E-state index contributed by atoms with van der Waals surface area (Å²) in [6.07, 6.45) is 0. The maximum Gasteiger partial charge on any atom is 0.197 e. The van der Waals surface area contributed by atoms with E-state index in [9.17, 15) is 9.59 Å². The van der Waals surface area contributed by atoms with Crippen molar-refractivity contribution in [3.8, 4) is 0 Å². The minimum absolute atomic E-state index is 0.115. The standard InChI is InChI=1S/C29H23NO2S/c1-17-15-18(2)27(19(3)16-17)30-23-13-7-11-21-25(23)29(32)26-22(28(21)31)12-8-14-24(26)33-20-9-5-4-6-10-20/h4-16,30H,1-3H3. The molecule has 0 saturated carbocycles. The third-order valence-corrected chi connectivity index (χ3v) is 7.01. The average Bonchev–Trinajstić information content (AvgIpc) is 2.80. The van der Waals surface area contributed by atoms with Crippen molar-refractivity contribution in [2.45, 2.75) is 30.6 Å². The molecule has 0 aromatic heterocycles. The Morgan fingerprint density at radius 1 is 0.667 bits per heavy atom. The molecule has 162 valence electrons. The van der Waals surface area contributed by atoms with Crippen LogP contribution in [0.25, 0.3) is 0 Å². The largest absolute Gasteiger partial charge is 0.354 e. The van der Waals surface area contributed by atoms with E-state index in [0.29, 0.717) is 27.9 Å². The second kappa shape index (κ2) is 8.38. The van der Waals surface area contributed by atoms with Gasteiger partial charge in [-0.2, -0.15) is 0 Å². The zero-order valence-electron chi connectivity index (χ0n) is 18.7. The van der Waals surface area contributed by atoms with Crippen molar-refractivity contribution in [3.05, 3.63) is 118 Å². The van der Waals surface area contributed by atoms with Gasteiger partial charge in [-0.25, -0.2) is 0 Å². The lowest BCUT2D eigenvalue weighted by molar-refractivity contribution is 0.0977. The first kappa shape index (κ1) is 21.2. The summed E-state index contributed by atoms with van der Waals surface area (Å²) in [5.41, 5.74) is 6.84. The van der Waals surface area contributed by atoms with Crippen LogP contribution >= 0.6 is 11.8 Å². The number of aryl methyl sites for hydroxylation is 3. The molecule has 5 rings (SSSR count). The molecule has 0 unspecified atom stereocenters. The van der Waals surface area contributed by atoms with Gasteiger partial charge in [-0.3, -0.25) is 9.59 Å². The van der Waals surface area contributed by atoms with Gasteiger partial charge in [0.1, 0.15) is 0 Å². The fourth-order valence-electron chi connectivity index (χ4n) is 4.53. The summed E-state index contributed by atoms with van der Waals surface area (Å²) in [4.78, 5) is 29.2. The van der Waals surface area contributed by atoms with E-state index in [0.717, 1.165) is 26.6 Å². The third-order valence-electron chi connectivity index (χ3n) is 5.94. The minimum atomic E-state index is -0.121. The molecule has 4 heteroatoms. The van der Waals surface area contributed by atoms with Crippen molar-refractivity contribution in [1.82, 2.24) is 0 Å². The molecule has 3 nitrogen and oxygen atoms in total. The minimum Gasteiger partial charge on any atom is -0.354 e. The summed E-state index contributed by atoms with van der Waals surface area (Å²) in [6, 6.07) is 25.1. The number of nitrogens with one attached hydrogen (secondary N) is 1. The molecule has 0 fully saturated rings. The van der Waals surface area contributed by atoms with Crippen LogP contribution in [0.15, 0.2) is 88.7 Å². The average molecular weight is 450 g/mol. The maximum atomic E-state index is 13.9. The van der Waals surface area contributed by atoms with Gasteiger partial charge in [-0.15, -0.1) is 0 Å². The van der Waals surface area contributed by atoms with E-state index in [1.54, 1.807) is 12.1 Å². The zero-order chi connectivity index (χ0) is 23.1. The summed E-state index contributed by atoms with van der Waals surface area (Å²) in [5, 5.41) is 3.47. The molecule has 0 heterocycles. The van der Waals surface area contributed by atoms with Crippen molar-refractivity contribution in [1.29, 1.82) is 0 Å². The SMILES string of the molecule is Cc1cc(C)c(Nc2cccc3c2C(=O)c2c(Sc4ccccc4)cccc2C3=O)c(C)c1. The number of carbonyl (C=O) groups excluding carboxylic acids is 2. The van der Waals surface area contributed by atoms with Crippen LogP contribution in [0.5, 0.6) is 0 Å². The molecule has 0 amide bonds. The fourth-order valence-corrected chi connectivity index (χ4v) is 5.53. The van der Waals surface area contributed by atoms with Crippen molar-refractivity contribution in [2.75, 3.05) is 5.32 Å². The Labute approximate surface area is 197 Å². The highest BCUT2D eigenvalue weighted by Crippen LogP contribution is 2.40. The predicted octanol–water partition coefficient (Wildman–Crippen LogP) is 7.28. The number of hydrogen-bond acceptors (Lipinski definition) is 4. The van der Waals surface area contributed by atoms with Gasteiger partial charge in [0.05, 0.1) is 11.3 Å². The Bertz CT molecular complexity index is 1400. The summed E-state index contributed by atoms with van der Waals surface area (Å²) in [6.45, 7) is 6.17. The topological polar surface area (TPSA) is 46.2 Å². The fraction of sp³-hybridized carbons (Fsp3) is 0.103. The molecule has 33 heavy (non-hydrogen) atoms. The van der Waals surface area contributed by atoms with E-state index in [4.69, 9.17) is 0 Å². The number of anilines is 2. The van der Waals surface area contributed by atoms with Gasteiger partial charge in [0.25, 0.3) is 0 Å². The molecule has 0 bridgehead atoms. The number of rotatable bonds is 4. The van der Waals surface area contributed by atoms with Crippen LogP contribution in [0.1, 0.15) is 48.5 Å². The molecule has 1 N–H and O–H groups in total. The first-order valence-electron chi connectivity index (χ1n) is 10.9.